The van der Waals surface area contributed by atoms with Gasteiger partial charge in [0.1, 0.15) is 5.82 Å². The molecule has 3 N–H and O–H groups in total. The summed E-state index contributed by atoms with van der Waals surface area (Å²) in [6.07, 6.45) is 1.17. The number of carbonyl (C=O) groups excluding carboxylic acids is 1. The van der Waals surface area contributed by atoms with E-state index in [0.29, 0.717) is 24.5 Å². The summed E-state index contributed by atoms with van der Waals surface area (Å²) in [6, 6.07) is 4.03. The molecular weight excluding hydrogens is 259 g/mol. The number of rotatable bonds is 6. The summed E-state index contributed by atoms with van der Waals surface area (Å²) < 4.78 is 18.4. The van der Waals surface area contributed by atoms with Gasteiger partial charge >= 0.3 is 0 Å². The smallest absolute Gasteiger partial charge is 0.226 e. The number of hydrogen-bond acceptors (Lipinski definition) is 3. The zero-order valence-electron chi connectivity index (χ0n) is 11.5. The van der Waals surface area contributed by atoms with Crippen LogP contribution in [0.3, 0.4) is 0 Å². The molecular formula is C15H19FN2O2. The maximum Gasteiger partial charge on any atom is 0.226 e. The highest BCUT2D eigenvalue weighted by atomic mass is 19.1. The van der Waals surface area contributed by atoms with Crippen LogP contribution >= 0.6 is 0 Å². The van der Waals surface area contributed by atoms with E-state index in [1.807, 2.05) is 6.92 Å². The van der Waals surface area contributed by atoms with Crippen LogP contribution in [0.1, 0.15) is 25.3 Å². The van der Waals surface area contributed by atoms with E-state index >= 15 is 0 Å². The first-order chi connectivity index (χ1) is 9.67. The quantitative estimate of drug-likeness (QED) is 0.617. The van der Waals surface area contributed by atoms with E-state index in [1.165, 1.54) is 18.2 Å². The normalized spacial score (nSPS) is 9.75. The molecule has 0 saturated heterocycles. The van der Waals surface area contributed by atoms with E-state index in [1.54, 1.807) is 0 Å². The van der Waals surface area contributed by atoms with Crippen LogP contribution in [0, 0.1) is 17.7 Å². The standard InChI is InChI=1S/C15H19FN2O2/c1-2-9-20-10-7-15(19)18-14-6-5-13(16)11-12(14)4-3-8-17/h5-6,11H,2,7-10,17H2,1H3,(H,18,19). The zero-order chi connectivity index (χ0) is 14.8. The molecule has 1 rings (SSSR count). The third-order valence-corrected chi connectivity index (χ3v) is 2.40. The Bertz CT molecular complexity index is 506. The maximum atomic E-state index is 13.2. The van der Waals surface area contributed by atoms with E-state index in [9.17, 15) is 9.18 Å². The molecule has 108 valence electrons. The monoisotopic (exact) mass is 278 g/mol. The minimum atomic E-state index is -0.407. The van der Waals surface area contributed by atoms with Crippen LogP contribution in [0.15, 0.2) is 18.2 Å². The SMILES string of the molecule is CCCOCCC(=O)Nc1ccc(F)cc1C#CCN. The Balaban J connectivity index is 2.64. The van der Waals surface area contributed by atoms with Crippen molar-refractivity contribution in [2.45, 2.75) is 19.8 Å². The lowest BCUT2D eigenvalue weighted by molar-refractivity contribution is -0.117. The molecule has 0 aliphatic heterocycles. The highest BCUT2D eigenvalue weighted by molar-refractivity contribution is 5.92. The lowest BCUT2D eigenvalue weighted by atomic mass is 10.1. The molecule has 0 fully saturated rings. The van der Waals surface area contributed by atoms with Gasteiger partial charge in [-0.2, -0.15) is 0 Å². The highest BCUT2D eigenvalue weighted by Gasteiger charge is 2.07. The number of anilines is 1. The largest absolute Gasteiger partial charge is 0.381 e. The average Bonchev–Trinajstić information content (AvgIpc) is 2.44. The van der Waals surface area contributed by atoms with Crippen molar-refractivity contribution in [2.75, 3.05) is 25.1 Å². The second-order valence-corrected chi connectivity index (χ2v) is 4.11. The van der Waals surface area contributed by atoms with E-state index < -0.39 is 5.82 Å². The molecule has 5 heteroatoms. The highest BCUT2D eigenvalue weighted by Crippen LogP contribution is 2.16. The first-order valence-corrected chi connectivity index (χ1v) is 6.53. The van der Waals surface area contributed by atoms with E-state index in [4.69, 9.17) is 10.5 Å². The summed E-state index contributed by atoms with van der Waals surface area (Å²) in [5, 5.41) is 2.69. The molecule has 0 aromatic heterocycles. The van der Waals surface area contributed by atoms with Gasteiger partial charge in [-0.15, -0.1) is 0 Å². The molecule has 20 heavy (non-hydrogen) atoms. The Morgan fingerprint density at radius 1 is 1.45 bits per heavy atom. The number of carbonyl (C=O) groups is 1. The molecule has 1 amide bonds. The van der Waals surface area contributed by atoms with Crippen molar-refractivity contribution in [2.24, 2.45) is 5.73 Å². The van der Waals surface area contributed by atoms with Crippen molar-refractivity contribution in [3.8, 4) is 11.8 Å². The molecule has 0 aliphatic rings. The minimum Gasteiger partial charge on any atom is -0.381 e. The van der Waals surface area contributed by atoms with E-state index in [-0.39, 0.29) is 18.9 Å². The fourth-order valence-corrected chi connectivity index (χ4v) is 1.50. The number of nitrogens with two attached hydrogens (primary N) is 1. The summed E-state index contributed by atoms with van der Waals surface area (Å²) in [4.78, 5) is 11.7. The molecule has 1 aromatic carbocycles. The number of benzene rings is 1. The van der Waals surface area contributed by atoms with Crippen LogP contribution in [0.2, 0.25) is 0 Å². The molecule has 0 saturated carbocycles. The molecule has 0 radical (unpaired) electrons. The van der Waals surface area contributed by atoms with Gasteiger partial charge in [0.25, 0.3) is 0 Å². The second kappa shape index (κ2) is 9.08. The summed E-state index contributed by atoms with van der Waals surface area (Å²) in [6.45, 7) is 3.18. The molecule has 1 aromatic rings. The van der Waals surface area contributed by atoms with E-state index in [2.05, 4.69) is 17.2 Å². The third-order valence-electron chi connectivity index (χ3n) is 2.40. The summed E-state index contributed by atoms with van der Waals surface area (Å²) in [5.74, 6) is 4.78. The molecule has 0 unspecified atom stereocenters. The average molecular weight is 278 g/mol. The summed E-state index contributed by atoms with van der Waals surface area (Å²) in [5.41, 5.74) is 6.18. The van der Waals surface area contributed by atoms with Crippen molar-refractivity contribution in [3.05, 3.63) is 29.6 Å². The molecule has 0 bridgehead atoms. The van der Waals surface area contributed by atoms with Crippen LogP contribution in [0.25, 0.3) is 0 Å². The summed E-state index contributed by atoms with van der Waals surface area (Å²) >= 11 is 0. The Labute approximate surface area is 118 Å². The number of hydrogen-bond donors (Lipinski definition) is 2. The van der Waals surface area contributed by atoms with Gasteiger partial charge in [0.2, 0.25) is 5.91 Å². The molecule has 0 spiro atoms. The van der Waals surface area contributed by atoms with Crippen LogP contribution in [-0.4, -0.2) is 25.7 Å². The Morgan fingerprint density at radius 3 is 2.95 bits per heavy atom. The maximum absolute atomic E-state index is 13.2. The molecule has 0 heterocycles. The van der Waals surface area contributed by atoms with Crippen LogP contribution < -0.4 is 11.1 Å². The topological polar surface area (TPSA) is 64.3 Å². The fourth-order valence-electron chi connectivity index (χ4n) is 1.50. The zero-order valence-corrected chi connectivity index (χ0v) is 11.5. The molecule has 4 nitrogen and oxygen atoms in total. The van der Waals surface area contributed by atoms with Gasteiger partial charge in [-0.1, -0.05) is 18.8 Å². The fraction of sp³-hybridized carbons (Fsp3) is 0.400. The van der Waals surface area contributed by atoms with Gasteiger partial charge in [-0.05, 0) is 24.6 Å². The Hall–Kier alpha value is -1.90. The van der Waals surface area contributed by atoms with Gasteiger partial charge in [0.15, 0.2) is 0 Å². The van der Waals surface area contributed by atoms with Gasteiger partial charge in [-0.25, -0.2) is 4.39 Å². The Morgan fingerprint density at radius 2 is 2.25 bits per heavy atom. The first-order valence-electron chi connectivity index (χ1n) is 6.53. The van der Waals surface area contributed by atoms with Crippen molar-refractivity contribution in [1.82, 2.24) is 0 Å². The van der Waals surface area contributed by atoms with Crippen molar-refractivity contribution in [3.63, 3.8) is 0 Å². The van der Waals surface area contributed by atoms with Crippen molar-refractivity contribution >= 4 is 11.6 Å². The van der Waals surface area contributed by atoms with Gasteiger partial charge in [-0.3, -0.25) is 4.79 Å². The predicted molar refractivity (Wildman–Crippen MR) is 76.7 cm³/mol. The number of halogens is 1. The number of amides is 1. The van der Waals surface area contributed by atoms with E-state index in [0.717, 1.165) is 6.42 Å². The minimum absolute atomic E-state index is 0.175. The van der Waals surface area contributed by atoms with Gasteiger partial charge in [0, 0.05) is 6.61 Å². The van der Waals surface area contributed by atoms with Crippen LogP contribution in [0.5, 0.6) is 0 Å². The van der Waals surface area contributed by atoms with Gasteiger partial charge in [0.05, 0.1) is 30.8 Å². The van der Waals surface area contributed by atoms with Crippen LogP contribution in [-0.2, 0) is 9.53 Å². The van der Waals surface area contributed by atoms with Gasteiger partial charge < -0.3 is 15.8 Å². The molecule has 0 aliphatic carbocycles. The lowest BCUT2D eigenvalue weighted by Gasteiger charge is -2.08. The van der Waals surface area contributed by atoms with Crippen LogP contribution in [0.4, 0.5) is 10.1 Å². The molecule has 0 atom stereocenters. The second-order valence-electron chi connectivity index (χ2n) is 4.11. The lowest BCUT2D eigenvalue weighted by Crippen LogP contribution is -2.15. The van der Waals surface area contributed by atoms with Crippen molar-refractivity contribution in [1.29, 1.82) is 0 Å². The van der Waals surface area contributed by atoms with Crippen molar-refractivity contribution < 1.29 is 13.9 Å². The third kappa shape index (κ3) is 5.83. The summed E-state index contributed by atoms with van der Waals surface area (Å²) in [7, 11) is 0. The number of ether oxygens (including phenoxy) is 1. The Kier molecular flexibility index (Phi) is 7.33. The number of nitrogens with one attached hydrogen (secondary N) is 1. The first kappa shape index (κ1) is 16.2. The predicted octanol–water partition coefficient (Wildman–Crippen LogP) is 1.89.